The molecular formula is C18H25NO3. The summed E-state index contributed by atoms with van der Waals surface area (Å²) >= 11 is 0. The summed E-state index contributed by atoms with van der Waals surface area (Å²) in [6, 6.07) is 6.42. The maximum Gasteiger partial charge on any atom is 0.328 e. The van der Waals surface area contributed by atoms with E-state index in [1.165, 1.54) is 16.7 Å². The first-order valence-electron chi connectivity index (χ1n) is 8.10. The van der Waals surface area contributed by atoms with Gasteiger partial charge in [-0.15, -0.1) is 0 Å². The van der Waals surface area contributed by atoms with Crippen LogP contribution in [-0.2, 0) is 20.7 Å². The van der Waals surface area contributed by atoms with Gasteiger partial charge in [-0.05, 0) is 50.7 Å². The number of benzene rings is 1. The van der Waals surface area contributed by atoms with Crippen LogP contribution in [0, 0.1) is 13.8 Å². The molecule has 0 amide bonds. The van der Waals surface area contributed by atoms with Crippen molar-refractivity contribution in [3.8, 4) is 0 Å². The first-order valence-corrected chi connectivity index (χ1v) is 8.10. The van der Waals surface area contributed by atoms with Crippen molar-refractivity contribution in [2.75, 3.05) is 7.11 Å². The summed E-state index contributed by atoms with van der Waals surface area (Å²) in [5.74, 6) is -0.0858. The van der Waals surface area contributed by atoms with E-state index in [0.717, 1.165) is 32.1 Å². The van der Waals surface area contributed by atoms with Crippen molar-refractivity contribution in [2.24, 2.45) is 0 Å². The van der Waals surface area contributed by atoms with Gasteiger partial charge in [0, 0.05) is 13.5 Å². The Bertz CT molecular complexity index is 561. The largest absolute Gasteiger partial charge is 0.445 e. The molecular weight excluding hydrogens is 278 g/mol. The first-order chi connectivity index (χ1) is 10.5. The van der Waals surface area contributed by atoms with E-state index in [-0.39, 0.29) is 18.3 Å². The average molecular weight is 303 g/mol. The third-order valence-electron chi connectivity index (χ3n) is 5.11. The Morgan fingerprint density at radius 2 is 2.05 bits per heavy atom. The highest BCUT2D eigenvalue weighted by Crippen LogP contribution is 2.35. The van der Waals surface area contributed by atoms with Crippen molar-refractivity contribution >= 4 is 5.97 Å². The van der Waals surface area contributed by atoms with E-state index in [4.69, 9.17) is 9.47 Å². The summed E-state index contributed by atoms with van der Waals surface area (Å²) in [6.45, 7) is 4.19. The van der Waals surface area contributed by atoms with Crippen molar-refractivity contribution in [2.45, 2.75) is 63.8 Å². The lowest BCUT2D eigenvalue weighted by molar-refractivity contribution is -0.146. The smallest absolute Gasteiger partial charge is 0.328 e. The zero-order valence-corrected chi connectivity index (χ0v) is 13.6. The number of nitrogens with one attached hydrogen (secondary N) is 1. The first kappa shape index (κ1) is 15.5. The van der Waals surface area contributed by atoms with Gasteiger partial charge >= 0.3 is 5.97 Å². The predicted octanol–water partition coefficient (Wildman–Crippen LogP) is 2.65. The van der Waals surface area contributed by atoms with Gasteiger partial charge in [0.05, 0.1) is 6.10 Å². The molecule has 0 radical (unpaired) electrons. The highest BCUT2D eigenvalue weighted by molar-refractivity contribution is 5.83. The quantitative estimate of drug-likeness (QED) is 0.872. The molecule has 0 aromatic heterocycles. The van der Waals surface area contributed by atoms with Crippen LogP contribution in [0.15, 0.2) is 18.2 Å². The van der Waals surface area contributed by atoms with Crippen LogP contribution in [0.1, 0.15) is 42.4 Å². The van der Waals surface area contributed by atoms with Crippen molar-refractivity contribution in [3.63, 3.8) is 0 Å². The number of carbonyl (C=O) groups excluding carboxylic acids is 1. The number of carbonyl (C=O) groups is 1. The van der Waals surface area contributed by atoms with Gasteiger partial charge in [0.2, 0.25) is 0 Å². The van der Waals surface area contributed by atoms with Gasteiger partial charge in [-0.2, -0.15) is 0 Å². The lowest BCUT2D eigenvalue weighted by atomic mass is 9.80. The van der Waals surface area contributed by atoms with E-state index in [9.17, 15) is 4.79 Å². The van der Waals surface area contributed by atoms with Gasteiger partial charge in [0.1, 0.15) is 5.54 Å². The molecule has 1 N–H and O–H groups in total. The molecule has 22 heavy (non-hydrogen) atoms. The monoisotopic (exact) mass is 303 g/mol. The Kier molecular flexibility index (Phi) is 4.24. The number of esters is 1. The number of aryl methyl sites for hydroxylation is 2. The fourth-order valence-electron chi connectivity index (χ4n) is 3.62. The van der Waals surface area contributed by atoms with Crippen LogP contribution >= 0.6 is 0 Å². The molecule has 2 fully saturated rings. The minimum absolute atomic E-state index is 0.0858. The van der Waals surface area contributed by atoms with Crippen molar-refractivity contribution in [1.82, 2.24) is 5.32 Å². The van der Waals surface area contributed by atoms with Gasteiger partial charge in [0.25, 0.3) is 0 Å². The minimum atomic E-state index is -0.489. The summed E-state index contributed by atoms with van der Waals surface area (Å²) in [5, 5.41) is 3.47. The Labute approximate surface area is 132 Å². The third kappa shape index (κ3) is 2.90. The number of ether oxygens (including phenoxy) is 2. The van der Waals surface area contributed by atoms with E-state index in [2.05, 4.69) is 37.4 Å². The molecule has 2 aliphatic rings. The molecule has 3 rings (SSSR count). The van der Waals surface area contributed by atoms with Crippen LogP contribution in [0.3, 0.4) is 0 Å². The molecule has 4 heteroatoms. The second-order valence-electron chi connectivity index (χ2n) is 6.69. The summed E-state index contributed by atoms with van der Waals surface area (Å²) in [5.41, 5.74) is 3.23. The SMILES string of the molecule is COC1CCC2(CC1)NC(Cc1cc(C)ccc1C)OC2=O. The molecule has 1 saturated carbocycles. The number of cyclic esters (lactones) is 1. The molecule has 1 unspecified atom stereocenters. The van der Waals surface area contributed by atoms with Crippen LogP contribution in [0.4, 0.5) is 0 Å². The van der Waals surface area contributed by atoms with Crippen LogP contribution < -0.4 is 5.32 Å². The summed E-state index contributed by atoms with van der Waals surface area (Å²) in [4.78, 5) is 12.4. The van der Waals surface area contributed by atoms with E-state index in [1.54, 1.807) is 7.11 Å². The fraction of sp³-hybridized carbons (Fsp3) is 0.611. The summed E-state index contributed by atoms with van der Waals surface area (Å²) < 4.78 is 11.0. The number of rotatable bonds is 3. The molecule has 1 spiro atoms. The number of hydrogen-bond donors (Lipinski definition) is 1. The van der Waals surface area contributed by atoms with Crippen LogP contribution in [-0.4, -0.2) is 30.9 Å². The third-order valence-corrected chi connectivity index (χ3v) is 5.11. The van der Waals surface area contributed by atoms with Gasteiger partial charge in [-0.25, -0.2) is 4.79 Å². The van der Waals surface area contributed by atoms with Crippen molar-refractivity contribution in [3.05, 3.63) is 34.9 Å². The molecule has 0 bridgehead atoms. The lowest BCUT2D eigenvalue weighted by Gasteiger charge is -2.33. The highest BCUT2D eigenvalue weighted by Gasteiger charge is 2.50. The van der Waals surface area contributed by atoms with E-state index >= 15 is 0 Å². The average Bonchev–Trinajstić information content (AvgIpc) is 2.80. The standard InChI is InChI=1S/C18H25NO3/c1-12-4-5-13(2)14(10-12)11-16-19-18(17(20)22-16)8-6-15(21-3)7-9-18/h4-5,10,15-16,19H,6-9,11H2,1-3H3. The molecule has 1 aliphatic carbocycles. The van der Waals surface area contributed by atoms with Gasteiger partial charge < -0.3 is 9.47 Å². The van der Waals surface area contributed by atoms with Gasteiger partial charge in [-0.1, -0.05) is 23.8 Å². The molecule has 1 aromatic carbocycles. The normalized spacial score (nSPS) is 31.5. The van der Waals surface area contributed by atoms with Gasteiger partial charge in [-0.3, -0.25) is 5.32 Å². The molecule has 120 valence electrons. The van der Waals surface area contributed by atoms with E-state index < -0.39 is 5.54 Å². The molecule has 1 saturated heterocycles. The molecule has 1 aromatic rings. The Morgan fingerprint density at radius 3 is 2.73 bits per heavy atom. The van der Waals surface area contributed by atoms with Crippen molar-refractivity contribution < 1.29 is 14.3 Å². The molecule has 1 aliphatic heterocycles. The number of methoxy groups -OCH3 is 1. The zero-order valence-electron chi connectivity index (χ0n) is 13.6. The Hall–Kier alpha value is -1.39. The number of hydrogen-bond acceptors (Lipinski definition) is 4. The summed E-state index contributed by atoms with van der Waals surface area (Å²) in [7, 11) is 1.74. The summed E-state index contributed by atoms with van der Waals surface area (Å²) in [6.07, 6.45) is 4.21. The Morgan fingerprint density at radius 1 is 1.32 bits per heavy atom. The van der Waals surface area contributed by atoms with E-state index in [0.29, 0.717) is 0 Å². The molecule has 4 nitrogen and oxygen atoms in total. The van der Waals surface area contributed by atoms with Crippen LogP contribution in [0.5, 0.6) is 0 Å². The van der Waals surface area contributed by atoms with Crippen LogP contribution in [0.2, 0.25) is 0 Å². The molecule has 1 atom stereocenters. The van der Waals surface area contributed by atoms with Crippen LogP contribution in [0.25, 0.3) is 0 Å². The minimum Gasteiger partial charge on any atom is -0.445 e. The predicted molar refractivity (Wildman–Crippen MR) is 84.6 cm³/mol. The molecule has 1 heterocycles. The van der Waals surface area contributed by atoms with E-state index in [1.807, 2.05) is 0 Å². The maximum absolute atomic E-state index is 12.4. The Balaban J connectivity index is 1.68. The lowest BCUT2D eigenvalue weighted by Crippen LogP contribution is -2.51. The second kappa shape index (κ2) is 6.01. The highest BCUT2D eigenvalue weighted by atomic mass is 16.6. The zero-order chi connectivity index (χ0) is 15.7. The topological polar surface area (TPSA) is 47.6 Å². The fourth-order valence-corrected chi connectivity index (χ4v) is 3.62. The maximum atomic E-state index is 12.4. The van der Waals surface area contributed by atoms with Gasteiger partial charge in [0.15, 0.2) is 6.23 Å². The van der Waals surface area contributed by atoms with Crippen molar-refractivity contribution in [1.29, 1.82) is 0 Å². The second-order valence-corrected chi connectivity index (χ2v) is 6.69.